The van der Waals surface area contributed by atoms with Crippen LogP contribution in [0.4, 0.5) is 0 Å². The Balaban J connectivity index is 3.07. The second-order valence-corrected chi connectivity index (χ2v) is 3.27. The van der Waals surface area contributed by atoms with E-state index in [1.165, 1.54) is 0 Å². The number of ketones is 1. The van der Waals surface area contributed by atoms with Crippen LogP contribution in [-0.2, 0) is 13.0 Å². The quantitative estimate of drug-likeness (QED) is 0.743. The summed E-state index contributed by atoms with van der Waals surface area (Å²) in [5, 5.41) is 9.05. The zero-order valence-corrected chi connectivity index (χ0v) is 8.71. The van der Waals surface area contributed by atoms with E-state index in [9.17, 15) is 4.79 Å². The molecule has 0 heterocycles. The van der Waals surface area contributed by atoms with Crippen LogP contribution < -0.4 is 0 Å². The Bertz CT molecular complexity index is 329. The first-order valence-electron chi connectivity index (χ1n) is 4.98. The molecule has 0 aliphatic rings. The fraction of sp³-hybridized carbons (Fsp3) is 0.417. The molecule has 1 rings (SSSR count). The number of benzene rings is 1. The predicted molar refractivity (Wildman–Crippen MR) is 56.4 cm³/mol. The minimum absolute atomic E-state index is 0.0454. The summed E-state index contributed by atoms with van der Waals surface area (Å²) in [5.74, 6) is 0.157. The zero-order valence-electron chi connectivity index (χ0n) is 8.71. The highest BCUT2D eigenvalue weighted by Crippen LogP contribution is 2.14. The number of aryl methyl sites for hydroxylation is 1. The lowest BCUT2D eigenvalue weighted by Crippen LogP contribution is -2.00. The number of hydrogen-bond donors (Lipinski definition) is 1. The molecular weight excluding hydrogens is 176 g/mol. The van der Waals surface area contributed by atoms with Gasteiger partial charge in [-0.1, -0.05) is 26.0 Å². The van der Waals surface area contributed by atoms with Crippen LogP contribution in [-0.4, -0.2) is 10.9 Å². The molecule has 0 radical (unpaired) electrons. The summed E-state index contributed by atoms with van der Waals surface area (Å²) >= 11 is 0. The third-order valence-electron chi connectivity index (χ3n) is 2.40. The standard InChI is InChI=1S/C12H16O2/c1-3-9-7-10(12(14)4-2)5-6-11(9)8-13/h5-7,13H,3-4,8H2,1-2H3. The van der Waals surface area contributed by atoms with Crippen molar-refractivity contribution < 1.29 is 9.90 Å². The van der Waals surface area contributed by atoms with E-state index in [1.807, 2.05) is 26.0 Å². The van der Waals surface area contributed by atoms with Gasteiger partial charge in [-0.05, 0) is 23.6 Å². The molecule has 0 saturated heterocycles. The fourth-order valence-electron chi connectivity index (χ4n) is 1.49. The van der Waals surface area contributed by atoms with Gasteiger partial charge in [0.25, 0.3) is 0 Å². The molecule has 0 fully saturated rings. The van der Waals surface area contributed by atoms with Crippen molar-refractivity contribution in [2.75, 3.05) is 0 Å². The number of rotatable bonds is 4. The molecule has 2 nitrogen and oxygen atoms in total. The summed E-state index contributed by atoms with van der Waals surface area (Å²) in [5.41, 5.74) is 2.73. The molecule has 76 valence electrons. The summed E-state index contributed by atoms with van der Waals surface area (Å²) in [4.78, 5) is 11.4. The van der Waals surface area contributed by atoms with Gasteiger partial charge in [0.2, 0.25) is 0 Å². The monoisotopic (exact) mass is 192 g/mol. The summed E-state index contributed by atoms with van der Waals surface area (Å²) in [6.07, 6.45) is 1.38. The van der Waals surface area contributed by atoms with Crippen LogP contribution in [0.15, 0.2) is 18.2 Å². The van der Waals surface area contributed by atoms with Crippen molar-refractivity contribution in [3.63, 3.8) is 0 Å². The summed E-state index contributed by atoms with van der Waals surface area (Å²) in [6, 6.07) is 5.51. The van der Waals surface area contributed by atoms with Gasteiger partial charge >= 0.3 is 0 Å². The first-order chi connectivity index (χ1) is 6.72. The van der Waals surface area contributed by atoms with Gasteiger partial charge in [-0.3, -0.25) is 4.79 Å². The van der Waals surface area contributed by atoms with E-state index in [4.69, 9.17) is 5.11 Å². The maximum absolute atomic E-state index is 11.4. The van der Waals surface area contributed by atoms with Gasteiger partial charge in [-0.2, -0.15) is 0 Å². The molecule has 0 spiro atoms. The topological polar surface area (TPSA) is 37.3 Å². The Morgan fingerprint density at radius 2 is 2.00 bits per heavy atom. The van der Waals surface area contributed by atoms with E-state index in [2.05, 4.69) is 0 Å². The number of carbonyl (C=O) groups is 1. The number of aliphatic hydroxyl groups is 1. The van der Waals surface area contributed by atoms with E-state index < -0.39 is 0 Å². The highest BCUT2D eigenvalue weighted by atomic mass is 16.3. The van der Waals surface area contributed by atoms with Crippen LogP contribution in [0.3, 0.4) is 0 Å². The average Bonchev–Trinajstić information content (AvgIpc) is 2.26. The minimum Gasteiger partial charge on any atom is -0.392 e. The Hall–Kier alpha value is -1.15. The first-order valence-corrected chi connectivity index (χ1v) is 4.98. The molecule has 0 aliphatic heterocycles. The molecule has 14 heavy (non-hydrogen) atoms. The molecule has 0 aromatic heterocycles. The van der Waals surface area contributed by atoms with Crippen molar-refractivity contribution in [3.8, 4) is 0 Å². The molecular formula is C12H16O2. The van der Waals surface area contributed by atoms with Gasteiger partial charge in [0.05, 0.1) is 6.61 Å². The molecule has 1 aromatic carbocycles. The van der Waals surface area contributed by atoms with E-state index in [0.29, 0.717) is 6.42 Å². The lowest BCUT2D eigenvalue weighted by Gasteiger charge is -2.06. The second kappa shape index (κ2) is 4.91. The van der Waals surface area contributed by atoms with Gasteiger partial charge in [-0.25, -0.2) is 0 Å². The van der Waals surface area contributed by atoms with Crippen LogP contribution in [0, 0.1) is 0 Å². The van der Waals surface area contributed by atoms with Crippen molar-refractivity contribution in [1.82, 2.24) is 0 Å². The molecule has 1 N–H and O–H groups in total. The van der Waals surface area contributed by atoms with Gasteiger partial charge in [0.15, 0.2) is 5.78 Å². The number of carbonyl (C=O) groups excluding carboxylic acids is 1. The molecule has 0 aliphatic carbocycles. The summed E-state index contributed by atoms with van der Waals surface area (Å²) < 4.78 is 0. The zero-order chi connectivity index (χ0) is 10.6. The third-order valence-corrected chi connectivity index (χ3v) is 2.40. The van der Waals surface area contributed by atoms with Crippen LogP contribution in [0.2, 0.25) is 0 Å². The molecule has 0 saturated carbocycles. The Labute approximate surface area is 84.6 Å². The van der Waals surface area contributed by atoms with Gasteiger partial charge < -0.3 is 5.11 Å². The van der Waals surface area contributed by atoms with E-state index in [-0.39, 0.29) is 12.4 Å². The van der Waals surface area contributed by atoms with Crippen molar-refractivity contribution in [2.45, 2.75) is 33.3 Å². The number of Topliss-reactive ketones (excluding diaryl/α,β-unsaturated/α-hetero) is 1. The maximum atomic E-state index is 11.4. The van der Waals surface area contributed by atoms with Crippen LogP contribution >= 0.6 is 0 Å². The average molecular weight is 192 g/mol. The Morgan fingerprint density at radius 1 is 1.29 bits per heavy atom. The smallest absolute Gasteiger partial charge is 0.162 e. The van der Waals surface area contributed by atoms with E-state index in [0.717, 1.165) is 23.1 Å². The molecule has 0 bridgehead atoms. The van der Waals surface area contributed by atoms with E-state index >= 15 is 0 Å². The van der Waals surface area contributed by atoms with Crippen molar-refractivity contribution in [2.24, 2.45) is 0 Å². The fourth-order valence-corrected chi connectivity index (χ4v) is 1.49. The second-order valence-electron chi connectivity index (χ2n) is 3.27. The SMILES string of the molecule is CCC(=O)c1ccc(CO)c(CC)c1. The maximum Gasteiger partial charge on any atom is 0.162 e. The van der Waals surface area contributed by atoms with Crippen LogP contribution in [0.25, 0.3) is 0 Å². The lowest BCUT2D eigenvalue weighted by molar-refractivity contribution is 0.0988. The third kappa shape index (κ3) is 2.20. The first kappa shape index (κ1) is 10.9. The Kier molecular flexibility index (Phi) is 3.84. The highest BCUT2D eigenvalue weighted by Gasteiger charge is 2.06. The van der Waals surface area contributed by atoms with E-state index in [1.54, 1.807) is 6.07 Å². The lowest BCUT2D eigenvalue weighted by atomic mass is 9.99. The molecule has 0 unspecified atom stereocenters. The minimum atomic E-state index is 0.0454. The number of hydrogen-bond acceptors (Lipinski definition) is 2. The largest absolute Gasteiger partial charge is 0.392 e. The predicted octanol–water partition coefficient (Wildman–Crippen LogP) is 2.33. The summed E-state index contributed by atoms with van der Waals surface area (Å²) in [7, 11) is 0. The molecule has 2 heteroatoms. The summed E-state index contributed by atoms with van der Waals surface area (Å²) in [6.45, 7) is 3.92. The molecule has 0 atom stereocenters. The number of aliphatic hydroxyl groups excluding tert-OH is 1. The van der Waals surface area contributed by atoms with Crippen molar-refractivity contribution in [3.05, 3.63) is 34.9 Å². The van der Waals surface area contributed by atoms with Crippen LogP contribution in [0.5, 0.6) is 0 Å². The van der Waals surface area contributed by atoms with Gasteiger partial charge in [-0.15, -0.1) is 0 Å². The van der Waals surface area contributed by atoms with Crippen molar-refractivity contribution in [1.29, 1.82) is 0 Å². The molecule has 0 amide bonds. The highest BCUT2D eigenvalue weighted by molar-refractivity contribution is 5.96. The van der Waals surface area contributed by atoms with Crippen LogP contribution in [0.1, 0.15) is 41.8 Å². The normalized spacial score (nSPS) is 10.2. The Morgan fingerprint density at radius 3 is 2.50 bits per heavy atom. The van der Waals surface area contributed by atoms with Gasteiger partial charge in [0, 0.05) is 12.0 Å². The van der Waals surface area contributed by atoms with Gasteiger partial charge in [0.1, 0.15) is 0 Å². The molecule has 1 aromatic rings. The van der Waals surface area contributed by atoms with Crippen molar-refractivity contribution >= 4 is 5.78 Å².